The van der Waals surface area contributed by atoms with Gasteiger partial charge in [-0.2, -0.15) is 0 Å². The smallest absolute Gasteiger partial charge is 0.314 e. The van der Waals surface area contributed by atoms with Gasteiger partial charge in [-0.05, 0) is 61.3 Å². The normalized spacial score (nSPS) is 11.4. The van der Waals surface area contributed by atoms with E-state index in [-0.39, 0.29) is 17.0 Å². The first-order valence-electron chi connectivity index (χ1n) is 6.31. The summed E-state index contributed by atoms with van der Waals surface area (Å²) >= 11 is 3.43. The number of benzene rings is 1. The highest BCUT2D eigenvalue weighted by Gasteiger charge is 2.18. The Kier molecular flexibility index (Phi) is 3.99. The Bertz CT molecular complexity index is 687. The average molecular weight is 337 g/mol. The second-order valence-electron chi connectivity index (χ2n) is 5.61. The standard InChI is InChI=1S/C15H17BrN2O2/c1-10-5-6-12(11(16)9-10)20-13-14(19)18(8-7-17-13)15(2,3)4/h5-9H,1-4H3. The molecule has 0 bridgehead atoms. The molecule has 4 nitrogen and oxygen atoms in total. The summed E-state index contributed by atoms with van der Waals surface area (Å²) in [5.41, 5.74) is 0.549. The molecular weight excluding hydrogens is 320 g/mol. The maximum Gasteiger partial charge on any atom is 0.314 e. The van der Waals surface area contributed by atoms with Crippen LogP contribution >= 0.6 is 15.9 Å². The first-order valence-corrected chi connectivity index (χ1v) is 7.10. The monoisotopic (exact) mass is 336 g/mol. The van der Waals surface area contributed by atoms with Crippen molar-refractivity contribution in [2.45, 2.75) is 33.2 Å². The number of ether oxygens (including phenoxy) is 1. The summed E-state index contributed by atoms with van der Waals surface area (Å²) in [4.78, 5) is 16.4. The van der Waals surface area contributed by atoms with E-state index in [1.54, 1.807) is 17.0 Å². The Hall–Kier alpha value is -1.62. The van der Waals surface area contributed by atoms with Crippen LogP contribution in [0.25, 0.3) is 0 Å². The van der Waals surface area contributed by atoms with E-state index < -0.39 is 0 Å². The molecule has 2 aromatic rings. The van der Waals surface area contributed by atoms with E-state index in [2.05, 4.69) is 20.9 Å². The van der Waals surface area contributed by atoms with Crippen molar-refractivity contribution in [3.05, 3.63) is 51.0 Å². The molecule has 0 saturated heterocycles. The molecule has 2 rings (SSSR count). The lowest BCUT2D eigenvalue weighted by atomic mass is 10.1. The van der Waals surface area contributed by atoms with Gasteiger partial charge in [-0.3, -0.25) is 4.79 Å². The number of halogens is 1. The van der Waals surface area contributed by atoms with Gasteiger partial charge in [0.2, 0.25) is 0 Å². The molecule has 20 heavy (non-hydrogen) atoms. The van der Waals surface area contributed by atoms with Crippen LogP contribution in [-0.2, 0) is 5.54 Å². The third-order valence-electron chi connectivity index (χ3n) is 2.83. The summed E-state index contributed by atoms with van der Waals surface area (Å²) in [6, 6.07) is 5.67. The second kappa shape index (κ2) is 5.40. The molecule has 0 amide bonds. The molecule has 0 fully saturated rings. The molecule has 0 aliphatic rings. The number of nitrogens with zero attached hydrogens (tertiary/aromatic N) is 2. The Balaban J connectivity index is 2.42. The van der Waals surface area contributed by atoms with Crippen molar-refractivity contribution < 1.29 is 4.74 Å². The van der Waals surface area contributed by atoms with E-state index in [0.717, 1.165) is 10.0 Å². The summed E-state index contributed by atoms with van der Waals surface area (Å²) in [5, 5.41) is 0. The molecule has 0 aliphatic heterocycles. The predicted molar refractivity (Wildman–Crippen MR) is 82.4 cm³/mol. The molecule has 1 heterocycles. The van der Waals surface area contributed by atoms with Gasteiger partial charge in [-0.1, -0.05) is 6.07 Å². The number of rotatable bonds is 2. The van der Waals surface area contributed by atoms with E-state index in [4.69, 9.17) is 4.74 Å². The number of hydrogen-bond acceptors (Lipinski definition) is 3. The summed E-state index contributed by atoms with van der Waals surface area (Å²) in [7, 11) is 0. The minimum atomic E-state index is -0.317. The zero-order valence-corrected chi connectivity index (χ0v) is 13.6. The fraction of sp³-hybridized carbons (Fsp3) is 0.333. The van der Waals surface area contributed by atoms with E-state index in [1.807, 2.05) is 45.9 Å². The summed E-state index contributed by atoms with van der Waals surface area (Å²) in [6.07, 6.45) is 3.24. The Morgan fingerprint density at radius 2 is 2.00 bits per heavy atom. The number of aromatic nitrogens is 2. The van der Waals surface area contributed by atoms with Gasteiger partial charge in [-0.25, -0.2) is 4.98 Å². The molecule has 0 spiro atoms. The Morgan fingerprint density at radius 1 is 1.30 bits per heavy atom. The first kappa shape index (κ1) is 14.8. The fourth-order valence-electron chi connectivity index (χ4n) is 1.78. The highest BCUT2D eigenvalue weighted by molar-refractivity contribution is 9.10. The van der Waals surface area contributed by atoms with Gasteiger partial charge in [0.1, 0.15) is 5.75 Å². The molecule has 0 saturated carbocycles. The van der Waals surface area contributed by atoms with Gasteiger partial charge in [0.05, 0.1) is 4.47 Å². The highest BCUT2D eigenvalue weighted by Crippen LogP contribution is 2.28. The van der Waals surface area contributed by atoms with Crippen molar-refractivity contribution in [3.8, 4) is 11.6 Å². The fourth-order valence-corrected chi connectivity index (χ4v) is 2.36. The maximum absolute atomic E-state index is 12.4. The summed E-state index contributed by atoms with van der Waals surface area (Å²) in [5.74, 6) is 0.652. The molecule has 0 atom stereocenters. The van der Waals surface area contributed by atoms with Gasteiger partial charge in [0.15, 0.2) is 0 Å². The Morgan fingerprint density at radius 3 is 2.60 bits per heavy atom. The molecule has 0 radical (unpaired) electrons. The summed E-state index contributed by atoms with van der Waals surface area (Å²) < 4.78 is 8.04. The van der Waals surface area contributed by atoms with Crippen LogP contribution in [-0.4, -0.2) is 9.55 Å². The third kappa shape index (κ3) is 3.10. The zero-order chi connectivity index (χ0) is 14.9. The highest BCUT2D eigenvalue weighted by atomic mass is 79.9. The lowest BCUT2D eigenvalue weighted by Gasteiger charge is -2.22. The second-order valence-corrected chi connectivity index (χ2v) is 6.47. The molecule has 5 heteroatoms. The first-order chi connectivity index (χ1) is 9.29. The largest absolute Gasteiger partial charge is 0.433 e. The zero-order valence-electron chi connectivity index (χ0n) is 12.0. The van der Waals surface area contributed by atoms with Crippen molar-refractivity contribution in [1.82, 2.24) is 9.55 Å². The number of aryl methyl sites for hydroxylation is 1. The van der Waals surface area contributed by atoms with Gasteiger partial charge >= 0.3 is 5.56 Å². The van der Waals surface area contributed by atoms with Crippen LogP contribution in [0.2, 0.25) is 0 Å². The quantitative estimate of drug-likeness (QED) is 0.836. The van der Waals surface area contributed by atoms with Crippen LogP contribution < -0.4 is 10.3 Å². The topological polar surface area (TPSA) is 44.1 Å². The molecule has 106 valence electrons. The van der Waals surface area contributed by atoms with Crippen molar-refractivity contribution >= 4 is 15.9 Å². The van der Waals surface area contributed by atoms with Gasteiger partial charge in [-0.15, -0.1) is 0 Å². The predicted octanol–water partition coefficient (Wildman–Crippen LogP) is 3.86. The summed E-state index contributed by atoms with van der Waals surface area (Å²) in [6.45, 7) is 7.86. The van der Waals surface area contributed by atoms with Gasteiger partial charge in [0.25, 0.3) is 5.88 Å². The molecule has 0 N–H and O–H groups in total. The molecule has 0 unspecified atom stereocenters. The Labute approximate surface area is 126 Å². The van der Waals surface area contributed by atoms with E-state index in [1.165, 1.54) is 0 Å². The average Bonchev–Trinajstić information content (AvgIpc) is 2.33. The van der Waals surface area contributed by atoms with Crippen molar-refractivity contribution in [1.29, 1.82) is 0 Å². The SMILES string of the molecule is Cc1ccc(Oc2nccn(C(C)(C)C)c2=O)c(Br)c1. The van der Waals surface area contributed by atoms with E-state index >= 15 is 0 Å². The van der Waals surface area contributed by atoms with Crippen molar-refractivity contribution in [3.63, 3.8) is 0 Å². The minimum absolute atomic E-state index is 0.0759. The van der Waals surface area contributed by atoms with Crippen molar-refractivity contribution in [2.24, 2.45) is 0 Å². The molecule has 1 aromatic heterocycles. The molecule has 1 aromatic carbocycles. The van der Waals surface area contributed by atoms with Crippen LogP contribution in [0.3, 0.4) is 0 Å². The lowest BCUT2D eigenvalue weighted by Crippen LogP contribution is -2.34. The van der Waals surface area contributed by atoms with Crippen LogP contribution in [0.15, 0.2) is 39.9 Å². The molecule has 0 aliphatic carbocycles. The van der Waals surface area contributed by atoms with Gasteiger partial charge < -0.3 is 9.30 Å². The number of hydrogen-bond donors (Lipinski definition) is 0. The van der Waals surface area contributed by atoms with E-state index in [0.29, 0.717) is 5.75 Å². The van der Waals surface area contributed by atoms with Crippen LogP contribution in [0, 0.1) is 6.92 Å². The van der Waals surface area contributed by atoms with Gasteiger partial charge in [0, 0.05) is 17.9 Å². The van der Waals surface area contributed by atoms with E-state index in [9.17, 15) is 4.79 Å². The third-order valence-corrected chi connectivity index (χ3v) is 3.45. The van der Waals surface area contributed by atoms with Crippen LogP contribution in [0.5, 0.6) is 11.6 Å². The maximum atomic E-state index is 12.4. The minimum Gasteiger partial charge on any atom is -0.433 e. The molecular formula is C15H17BrN2O2. The van der Waals surface area contributed by atoms with Crippen molar-refractivity contribution in [2.75, 3.05) is 0 Å². The lowest BCUT2D eigenvalue weighted by molar-refractivity contribution is 0.362. The van der Waals surface area contributed by atoms with Crippen LogP contribution in [0.1, 0.15) is 26.3 Å². The van der Waals surface area contributed by atoms with Crippen LogP contribution in [0.4, 0.5) is 0 Å².